The third-order valence-corrected chi connectivity index (χ3v) is 2.05. The largest absolute Gasteiger partial charge is 0.394 e. The van der Waals surface area contributed by atoms with E-state index in [0.717, 1.165) is 0 Å². The minimum absolute atomic E-state index is 0.543. The van der Waals surface area contributed by atoms with Gasteiger partial charge in [-0.25, -0.2) is 0 Å². The van der Waals surface area contributed by atoms with Gasteiger partial charge < -0.3 is 25.2 Å². The van der Waals surface area contributed by atoms with Crippen molar-refractivity contribution in [2.24, 2.45) is 5.11 Å². The normalized spacial score (nSPS) is 43.0. The van der Waals surface area contributed by atoms with Crippen molar-refractivity contribution in [1.29, 1.82) is 0 Å². The van der Waals surface area contributed by atoms with Gasteiger partial charge in [-0.15, -0.1) is 0 Å². The summed E-state index contributed by atoms with van der Waals surface area (Å²) in [5, 5.41) is 39.7. The second-order valence-corrected chi connectivity index (χ2v) is 2.92. The lowest BCUT2D eigenvalue weighted by Gasteiger charge is -2.37. The molecule has 1 rings (SSSR count). The maximum absolute atomic E-state index is 9.37. The maximum atomic E-state index is 9.37. The van der Waals surface area contributed by atoms with Crippen molar-refractivity contribution in [3.05, 3.63) is 10.4 Å². The molecule has 0 aromatic rings. The molecule has 4 N–H and O–H groups in total. The van der Waals surface area contributed by atoms with E-state index < -0.39 is 37.3 Å². The predicted octanol–water partition coefficient (Wildman–Crippen LogP) is -1.90. The minimum atomic E-state index is -1.53. The number of azide groups is 1. The van der Waals surface area contributed by atoms with Gasteiger partial charge in [-0.2, -0.15) is 0 Å². The van der Waals surface area contributed by atoms with Gasteiger partial charge in [0, 0.05) is 4.91 Å². The van der Waals surface area contributed by atoms with Crippen LogP contribution in [0.1, 0.15) is 0 Å². The molecule has 0 aromatic carbocycles. The van der Waals surface area contributed by atoms with Crippen LogP contribution in [0, 0.1) is 0 Å². The second kappa shape index (κ2) is 4.56. The van der Waals surface area contributed by atoms with E-state index >= 15 is 0 Å². The van der Waals surface area contributed by atoms with Crippen LogP contribution in [-0.2, 0) is 4.74 Å². The molecule has 14 heavy (non-hydrogen) atoms. The lowest BCUT2D eigenvalue weighted by Crippen LogP contribution is -2.57. The fraction of sp³-hybridized carbons (Fsp3) is 1.00. The Balaban J connectivity index is 2.78. The Bertz CT molecular complexity index is 244. The summed E-state index contributed by atoms with van der Waals surface area (Å²) in [6.07, 6.45) is -5.45. The van der Waals surface area contributed by atoms with Crippen molar-refractivity contribution in [3.63, 3.8) is 0 Å². The van der Waals surface area contributed by atoms with Gasteiger partial charge in [-0.05, 0) is 5.53 Å². The Labute approximate surface area is 79.0 Å². The number of aliphatic hydroxyl groups is 4. The van der Waals surface area contributed by atoms with Crippen LogP contribution in [0.25, 0.3) is 10.4 Å². The molecule has 0 spiro atoms. The third-order valence-electron chi connectivity index (χ3n) is 2.05. The maximum Gasteiger partial charge on any atom is 0.166 e. The molecule has 0 aromatic heterocycles. The summed E-state index contributed by atoms with van der Waals surface area (Å²) in [7, 11) is 0. The molecule has 5 atom stereocenters. The standard InChI is InChI=1S/C6H11N3O5/c7-9-8-3-5(12)4(11)2(1-10)14-6(3)13/h2-6,10-13H,1H2/t2-,3-,4-,5+,6-/m0/s1. The number of aliphatic hydroxyl groups excluding tert-OH is 4. The fourth-order valence-electron chi connectivity index (χ4n) is 1.27. The van der Waals surface area contributed by atoms with E-state index in [4.69, 9.17) is 15.4 Å². The summed E-state index contributed by atoms with van der Waals surface area (Å²) in [6, 6.07) is -1.27. The molecule has 0 amide bonds. The van der Waals surface area contributed by atoms with Crippen molar-refractivity contribution in [1.82, 2.24) is 0 Å². The summed E-state index contributed by atoms with van der Waals surface area (Å²) in [5.74, 6) is 0. The summed E-state index contributed by atoms with van der Waals surface area (Å²) in [6.45, 7) is -0.543. The topological polar surface area (TPSA) is 139 Å². The SMILES string of the molecule is [N-]=[N+]=N[C@H]1[C@@H](O)[C@@H](O)[C@H](CO)O[C@@H]1O. The Morgan fingerprint density at radius 3 is 2.43 bits per heavy atom. The fourth-order valence-corrected chi connectivity index (χ4v) is 1.27. The van der Waals surface area contributed by atoms with Crippen LogP contribution < -0.4 is 0 Å². The van der Waals surface area contributed by atoms with Crippen LogP contribution in [0.5, 0.6) is 0 Å². The van der Waals surface area contributed by atoms with Gasteiger partial charge in [0.25, 0.3) is 0 Å². The lowest BCUT2D eigenvalue weighted by atomic mass is 9.98. The van der Waals surface area contributed by atoms with Crippen LogP contribution in [0.3, 0.4) is 0 Å². The van der Waals surface area contributed by atoms with Crippen LogP contribution in [0.15, 0.2) is 5.11 Å². The first-order valence-corrected chi connectivity index (χ1v) is 3.96. The van der Waals surface area contributed by atoms with E-state index in [2.05, 4.69) is 10.0 Å². The number of hydrogen-bond donors (Lipinski definition) is 4. The lowest BCUT2D eigenvalue weighted by molar-refractivity contribution is -0.248. The average molecular weight is 205 g/mol. The monoisotopic (exact) mass is 205 g/mol. The third kappa shape index (κ3) is 1.95. The molecule has 1 aliphatic rings. The molecule has 1 fully saturated rings. The van der Waals surface area contributed by atoms with Gasteiger partial charge in [0.15, 0.2) is 6.29 Å². The zero-order chi connectivity index (χ0) is 10.7. The quantitative estimate of drug-likeness (QED) is 0.237. The molecule has 0 unspecified atom stereocenters. The molecular weight excluding hydrogens is 194 g/mol. The molecule has 1 heterocycles. The number of hydrogen-bond acceptors (Lipinski definition) is 6. The van der Waals surface area contributed by atoms with Gasteiger partial charge in [0.1, 0.15) is 18.2 Å². The Hall–Kier alpha value is -0.890. The first-order chi connectivity index (χ1) is 6.61. The van der Waals surface area contributed by atoms with E-state index in [1.807, 2.05) is 0 Å². The van der Waals surface area contributed by atoms with E-state index in [1.165, 1.54) is 0 Å². The van der Waals surface area contributed by atoms with Gasteiger partial charge >= 0.3 is 0 Å². The first kappa shape index (κ1) is 11.2. The number of ether oxygens (including phenoxy) is 1. The van der Waals surface area contributed by atoms with Crippen LogP contribution in [0.2, 0.25) is 0 Å². The summed E-state index contributed by atoms with van der Waals surface area (Å²) in [4.78, 5) is 2.40. The van der Waals surface area contributed by atoms with Crippen molar-refractivity contribution in [2.75, 3.05) is 6.61 Å². The highest BCUT2D eigenvalue weighted by atomic mass is 16.6. The molecular formula is C6H11N3O5. The van der Waals surface area contributed by atoms with Crippen LogP contribution in [0.4, 0.5) is 0 Å². The van der Waals surface area contributed by atoms with Crippen molar-refractivity contribution < 1.29 is 25.2 Å². The highest BCUT2D eigenvalue weighted by Gasteiger charge is 2.43. The van der Waals surface area contributed by atoms with E-state index in [1.54, 1.807) is 0 Å². The van der Waals surface area contributed by atoms with E-state index in [-0.39, 0.29) is 0 Å². The molecule has 1 aliphatic heterocycles. The number of nitrogens with zero attached hydrogens (tertiary/aromatic N) is 3. The minimum Gasteiger partial charge on any atom is -0.394 e. The van der Waals surface area contributed by atoms with Gasteiger partial charge in [0.2, 0.25) is 0 Å². The van der Waals surface area contributed by atoms with Crippen molar-refractivity contribution >= 4 is 0 Å². The Morgan fingerprint density at radius 2 is 1.93 bits per heavy atom. The van der Waals surface area contributed by atoms with Gasteiger partial charge in [-0.3, -0.25) is 0 Å². The second-order valence-electron chi connectivity index (χ2n) is 2.92. The summed E-state index contributed by atoms with van der Waals surface area (Å²) < 4.78 is 4.71. The summed E-state index contributed by atoms with van der Waals surface area (Å²) in [5.41, 5.74) is 8.11. The first-order valence-electron chi connectivity index (χ1n) is 3.96. The molecule has 0 bridgehead atoms. The average Bonchev–Trinajstić information content (AvgIpc) is 2.18. The Kier molecular flexibility index (Phi) is 3.64. The molecule has 8 nitrogen and oxygen atoms in total. The van der Waals surface area contributed by atoms with Crippen LogP contribution >= 0.6 is 0 Å². The molecule has 0 radical (unpaired) electrons. The molecule has 80 valence electrons. The summed E-state index contributed by atoms with van der Waals surface area (Å²) >= 11 is 0. The molecule has 8 heteroatoms. The Morgan fingerprint density at radius 1 is 1.29 bits per heavy atom. The van der Waals surface area contributed by atoms with Crippen molar-refractivity contribution in [2.45, 2.75) is 30.6 Å². The molecule has 0 saturated carbocycles. The predicted molar refractivity (Wildman–Crippen MR) is 42.9 cm³/mol. The smallest absolute Gasteiger partial charge is 0.166 e. The van der Waals surface area contributed by atoms with Crippen molar-refractivity contribution in [3.8, 4) is 0 Å². The van der Waals surface area contributed by atoms with Gasteiger partial charge in [0.05, 0.1) is 12.7 Å². The van der Waals surface area contributed by atoms with Crippen LogP contribution in [-0.4, -0.2) is 57.7 Å². The number of rotatable bonds is 2. The zero-order valence-electron chi connectivity index (χ0n) is 7.13. The highest BCUT2D eigenvalue weighted by molar-refractivity contribution is 4.92. The van der Waals surface area contributed by atoms with E-state index in [0.29, 0.717) is 0 Å². The highest BCUT2D eigenvalue weighted by Crippen LogP contribution is 2.21. The van der Waals surface area contributed by atoms with Gasteiger partial charge in [-0.1, -0.05) is 5.11 Å². The zero-order valence-corrected chi connectivity index (χ0v) is 7.13. The van der Waals surface area contributed by atoms with E-state index in [9.17, 15) is 15.3 Å². The molecule has 1 saturated heterocycles. The molecule has 0 aliphatic carbocycles.